The Morgan fingerprint density at radius 2 is 2.20 bits per heavy atom. The summed E-state index contributed by atoms with van der Waals surface area (Å²) in [7, 11) is 1.76. The zero-order valence-corrected chi connectivity index (χ0v) is 6.06. The van der Waals surface area contributed by atoms with Gasteiger partial charge < -0.3 is 10.3 Å². The van der Waals surface area contributed by atoms with E-state index in [0.717, 1.165) is 11.4 Å². The molecule has 54 valence electrons. The van der Waals surface area contributed by atoms with Crippen LogP contribution in [0.2, 0.25) is 0 Å². The van der Waals surface area contributed by atoms with Crippen molar-refractivity contribution in [2.45, 2.75) is 6.92 Å². The number of anilines is 1. The zero-order valence-electron chi connectivity index (χ0n) is 6.06. The van der Waals surface area contributed by atoms with Crippen LogP contribution in [0.5, 0.6) is 0 Å². The monoisotopic (exact) mass is 138 g/mol. The van der Waals surface area contributed by atoms with Gasteiger partial charge >= 0.3 is 0 Å². The van der Waals surface area contributed by atoms with Gasteiger partial charge in [-0.15, -0.1) is 0 Å². The van der Waals surface area contributed by atoms with Crippen LogP contribution in [0, 0.1) is 6.92 Å². The van der Waals surface area contributed by atoms with Gasteiger partial charge in [-0.3, -0.25) is 4.79 Å². The average Bonchev–Trinajstić information content (AvgIpc) is 1.95. The molecular formula is C7H10N2O. The smallest absolute Gasteiger partial charge is 0.252 e. The highest BCUT2D eigenvalue weighted by Crippen LogP contribution is 1.96. The Hall–Kier alpha value is -1.25. The van der Waals surface area contributed by atoms with Crippen molar-refractivity contribution in [3.05, 3.63) is 28.0 Å². The Morgan fingerprint density at radius 1 is 1.50 bits per heavy atom. The lowest BCUT2D eigenvalue weighted by Crippen LogP contribution is -2.10. The van der Waals surface area contributed by atoms with E-state index in [1.807, 2.05) is 6.07 Å². The van der Waals surface area contributed by atoms with Crippen LogP contribution in [0.1, 0.15) is 5.56 Å². The lowest BCUT2D eigenvalue weighted by atomic mass is 10.3. The summed E-state index contributed by atoms with van der Waals surface area (Å²) in [6, 6.07) is 3.61. The van der Waals surface area contributed by atoms with Crippen LogP contribution in [0.3, 0.4) is 0 Å². The Kier molecular flexibility index (Phi) is 1.76. The van der Waals surface area contributed by atoms with Gasteiger partial charge in [0, 0.05) is 12.6 Å². The van der Waals surface area contributed by atoms with Crippen molar-refractivity contribution in [3.63, 3.8) is 0 Å². The summed E-state index contributed by atoms with van der Waals surface area (Å²) in [5, 5.41) is 2.84. The fourth-order valence-corrected chi connectivity index (χ4v) is 0.692. The van der Waals surface area contributed by atoms with Crippen LogP contribution in [0.15, 0.2) is 16.9 Å². The van der Waals surface area contributed by atoms with Crippen molar-refractivity contribution in [2.24, 2.45) is 0 Å². The summed E-state index contributed by atoms with van der Waals surface area (Å²) in [6.07, 6.45) is 0. The molecule has 0 amide bonds. The van der Waals surface area contributed by atoms with Crippen LogP contribution in [-0.2, 0) is 0 Å². The average molecular weight is 138 g/mol. The first kappa shape index (κ1) is 6.86. The Balaban J connectivity index is 3.17. The largest absolute Gasteiger partial charge is 0.375 e. The summed E-state index contributed by atoms with van der Waals surface area (Å²) in [6.45, 7) is 1.78. The second-order valence-corrected chi connectivity index (χ2v) is 2.13. The first-order chi connectivity index (χ1) is 4.74. The van der Waals surface area contributed by atoms with Crippen molar-refractivity contribution < 1.29 is 0 Å². The third-order valence-electron chi connectivity index (χ3n) is 1.38. The SMILES string of the molecule is CNc1ccc(C)c(=O)[nH]1. The normalized spacial score (nSPS) is 9.40. The highest BCUT2D eigenvalue weighted by atomic mass is 16.1. The van der Waals surface area contributed by atoms with E-state index in [1.54, 1.807) is 20.0 Å². The molecule has 0 spiro atoms. The standard InChI is InChI=1S/C7H10N2O/c1-5-3-4-6(8-2)9-7(5)10/h3-4H,1-2H3,(H2,8,9,10). The summed E-state index contributed by atoms with van der Waals surface area (Å²) in [4.78, 5) is 13.6. The van der Waals surface area contributed by atoms with Crippen LogP contribution in [0.4, 0.5) is 5.82 Å². The van der Waals surface area contributed by atoms with Gasteiger partial charge in [-0.25, -0.2) is 0 Å². The number of hydrogen-bond acceptors (Lipinski definition) is 2. The van der Waals surface area contributed by atoms with Crippen molar-refractivity contribution in [3.8, 4) is 0 Å². The van der Waals surface area contributed by atoms with Crippen molar-refractivity contribution in [2.75, 3.05) is 12.4 Å². The van der Waals surface area contributed by atoms with Gasteiger partial charge in [0.2, 0.25) is 0 Å². The number of aromatic amines is 1. The minimum Gasteiger partial charge on any atom is -0.375 e. The van der Waals surface area contributed by atoms with Gasteiger partial charge in [0.25, 0.3) is 5.56 Å². The van der Waals surface area contributed by atoms with Gasteiger partial charge in [-0.1, -0.05) is 6.07 Å². The lowest BCUT2D eigenvalue weighted by Gasteiger charge is -1.97. The summed E-state index contributed by atoms with van der Waals surface area (Å²) >= 11 is 0. The van der Waals surface area contributed by atoms with Crippen molar-refractivity contribution in [1.29, 1.82) is 0 Å². The minimum atomic E-state index is -0.0353. The molecule has 1 aromatic rings. The maximum atomic E-state index is 10.9. The number of aromatic nitrogens is 1. The Bertz CT molecular complexity index is 277. The topological polar surface area (TPSA) is 44.9 Å². The highest BCUT2D eigenvalue weighted by molar-refractivity contribution is 5.33. The van der Waals surface area contributed by atoms with E-state index in [0.29, 0.717) is 0 Å². The van der Waals surface area contributed by atoms with E-state index in [1.165, 1.54) is 0 Å². The Labute approximate surface area is 59.1 Å². The first-order valence-electron chi connectivity index (χ1n) is 3.11. The first-order valence-corrected chi connectivity index (χ1v) is 3.11. The molecule has 3 heteroatoms. The molecule has 3 nitrogen and oxygen atoms in total. The Morgan fingerprint density at radius 3 is 2.70 bits per heavy atom. The molecule has 1 aromatic heterocycles. The molecule has 0 radical (unpaired) electrons. The molecule has 0 saturated heterocycles. The summed E-state index contributed by atoms with van der Waals surface area (Å²) in [5.41, 5.74) is 0.700. The molecule has 0 aliphatic heterocycles. The van der Waals surface area contributed by atoms with Gasteiger partial charge in [0.15, 0.2) is 0 Å². The number of aryl methyl sites for hydroxylation is 1. The van der Waals surface area contributed by atoms with Crippen molar-refractivity contribution >= 4 is 5.82 Å². The van der Waals surface area contributed by atoms with E-state index in [4.69, 9.17) is 0 Å². The molecule has 0 aliphatic carbocycles. The maximum absolute atomic E-state index is 10.9. The lowest BCUT2D eigenvalue weighted by molar-refractivity contribution is 1.17. The fourth-order valence-electron chi connectivity index (χ4n) is 0.692. The van der Waals surface area contributed by atoms with Gasteiger partial charge in [0.1, 0.15) is 5.82 Å². The van der Waals surface area contributed by atoms with Crippen LogP contribution >= 0.6 is 0 Å². The second-order valence-electron chi connectivity index (χ2n) is 2.13. The number of nitrogens with one attached hydrogen (secondary N) is 2. The quantitative estimate of drug-likeness (QED) is 0.600. The molecule has 1 rings (SSSR count). The molecule has 0 saturated carbocycles. The molecule has 0 fully saturated rings. The van der Waals surface area contributed by atoms with Crippen LogP contribution in [0.25, 0.3) is 0 Å². The zero-order chi connectivity index (χ0) is 7.56. The molecule has 0 aromatic carbocycles. The molecule has 1 heterocycles. The van der Waals surface area contributed by atoms with Gasteiger partial charge in [0.05, 0.1) is 0 Å². The fraction of sp³-hybridized carbons (Fsp3) is 0.286. The number of H-pyrrole nitrogens is 1. The highest BCUT2D eigenvalue weighted by Gasteiger charge is 1.91. The number of hydrogen-bond donors (Lipinski definition) is 2. The third-order valence-corrected chi connectivity index (χ3v) is 1.38. The van der Waals surface area contributed by atoms with Gasteiger partial charge in [-0.2, -0.15) is 0 Å². The minimum absolute atomic E-state index is 0.0353. The molecule has 0 bridgehead atoms. The van der Waals surface area contributed by atoms with E-state index in [2.05, 4.69) is 10.3 Å². The third kappa shape index (κ3) is 1.18. The van der Waals surface area contributed by atoms with E-state index < -0.39 is 0 Å². The molecule has 2 N–H and O–H groups in total. The van der Waals surface area contributed by atoms with E-state index >= 15 is 0 Å². The van der Waals surface area contributed by atoms with E-state index in [-0.39, 0.29) is 5.56 Å². The number of rotatable bonds is 1. The number of pyridine rings is 1. The summed E-state index contributed by atoms with van der Waals surface area (Å²) < 4.78 is 0. The molecule has 10 heavy (non-hydrogen) atoms. The molecule has 0 unspecified atom stereocenters. The summed E-state index contributed by atoms with van der Waals surface area (Å²) in [5.74, 6) is 0.746. The maximum Gasteiger partial charge on any atom is 0.252 e. The van der Waals surface area contributed by atoms with Crippen molar-refractivity contribution in [1.82, 2.24) is 4.98 Å². The predicted octanol–water partition coefficient (Wildman–Crippen LogP) is 0.725. The second kappa shape index (κ2) is 2.56. The molecular weight excluding hydrogens is 128 g/mol. The van der Waals surface area contributed by atoms with Crippen LogP contribution < -0.4 is 10.9 Å². The predicted molar refractivity (Wildman–Crippen MR) is 41.3 cm³/mol. The molecule has 0 aliphatic rings. The van der Waals surface area contributed by atoms with Crippen LogP contribution in [-0.4, -0.2) is 12.0 Å². The van der Waals surface area contributed by atoms with E-state index in [9.17, 15) is 4.79 Å². The van der Waals surface area contributed by atoms with Gasteiger partial charge in [-0.05, 0) is 13.0 Å². The molecule has 0 atom stereocenters.